The lowest BCUT2D eigenvalue weighted by molar-refractivity contribution is -0.118. The Bertz CT molecular complexity index is 810. The van der Waals surface area contributed by atoms with Crippen molar-refractivity contribution in [3.63, 3.8) is 0 Å². The molecule has 0 saturated carbocycles. The highest BCUT2D eigenvalue weighted by atomic mass is 79.9. The van der Waals surface area contributed by atoms with E-state index in [2.05, 4.69) is 15.9 Å². The molecule has 0 aliphatic heterocycles. The molecule has 0 unspecified atom stereocenters. The van der Waals surface area contributed by atoms with Crippen molar-refractivity contribution in [2.24, 2.45) is 5.73 Å². The second-order valence-corrected chi connectivity index (χ2v) is 8.11. The molecule has 0 heterocycles. The highest BCUT2D eigenvalue weighted by molar-refractivity contribution is 9.10. The van der Waals surface area contributed by atoms with Crippen LogP contribution in [-0.2, 0) is 21.4 Å². The summed E-state index contributed by atoms with van der Waals surface area (Å²) in [5.41, 5.74) is 5.93. The van der Waals surface area contributed by atoms with Crippen molar-refractivity contribution in [2.45, 2.75) is 11.4 Å². The second kappa shape index (κ2) is 7.44. The van der Waals surface area contributed by atoms with E-state index in [1.807, 2.05) is 0 Å². The molecule has 0 bridgehead atoms. The quantitative estimate of drug-likeness (QED) is 0.785. The van der Waals surface area contributed by atoms with Gasteiger partial charge in [-0.2, -0.15) is 4.31 Å². The first-order valence-electron chi connectivity index (χ1n) is 6.57. The molecule has 0 radical (unpaired) electrons. The van der Waals surface area contributed by atoms with E-state index < -0.39 is 22.5 Å². The molecule has 0 aliphatic carbocycles. The molecule has 2 aromatic rings. The van der Waals surface area contributed by atoms with Crippen LogP contribution in [0.3, 0.4) is 0 Å². The Morgan fingerprint density at radius 2 is 1.83 bits per heavy atom. The summed E-state index contributed by atoms with van der Waals surface area (Å²) in [6.45, 7) is -0.379. The zero-order chi connectivity index (χ0) is 17.0. The molecule has 0 spiro atoms. The Morgan fingerprint density at radius 1 is 1.17 bits per heavy atom. The topological polar surface area (TPSA) is 80.5 Å². The highest BCUT2D eigenvalue weighted by Gasteiger charge is 2.26. The van der Waals surface area contributed by atoms with Crippen LogP contribution in [0.25, 0.3) is 0 Å². The number of benzene rings is 2. The van der Waals surface area contributed by atoms with E-state index in [-0.39, 0.29) is 11.4 Å². The Morgan fingerprint density at radius 3 is 2.39 bits per heavy atom. The molecule has 0 aromatic heterocycles. The first-order valence-corrected chi connectivity index (χ1v) is 9.18. The van der Waals surface area contributed by atoms with Crippen LogP contribution in [-0.4, -0.2) is 25.2 Å². The summed E-state index contributed by atoms with van der Waals surface area (Å²) in [5.74, 6) is -0.729. The largest absolute Gasteiger partial charge is 0.369 e. The Balaban J connectivity index is 2.37. The van der Waals surface area contributed by atoms with Crippen molar-refractivity contribution in [1.29, 1.82) is 0 Å². The maximum absolute atomic E-state index is 12.7. The molecule has 0 aliphatic rings. The van der Waals surface area contributed by atoms with Gasteiger partial charge in [-0.1, -0.05) is 45.7 Å². The number of carbonyl (C=O) groups excluding carboxylic acids is 1. The first kappa shape index (κ1) is 17.9. The van der Waals surface area contributed by atoms with Gasteiger partial charge in [-0.3, -0.25) is 4.79 Å². The van der Waals surface area contributed by atoms with Gasteiger partial charge in [0.1, 0.15) is 0 Å². The lowest BCUT2D eigenvalue weighted by atomic mass is 10.2. The number of sulfonamides is 1. The SMILES string of the molecule is NC(=O)CN(Cc1ccc(Br)cc1)S(=O)(=O)c1cccc(Cl)c1. The van der Waals surface area contributed by atoms with Crippen molar-refractivity contribution in [3.05, 3.63) is 63.6 Å². The van der Waals surface area contributed by atoms with Gasteiger partial charge in [0, 0.05) is 16.0 Å². The van der Waals surface area contributed by atoms with Crippen LogP contribution in [0.15, 0.2) is 57.9 Å². The summed E-state index contributed by atoms with van der Waals surface area (Å²) >= 11 is 9.17. The van der Waals surface area contributed by atoms with Gasteiger partial charge < -0.3 is 5.73 Å². The average Bonchev–Trinajstić information content (AvgIpc) is 2.48. The van der Waals surface area contributed by atoms with Crippen LogP contribution in [0.5, 0.6) is 0 Å². The molecule has 5 nitrogen and oxygen atoms in total. The normalized spacial score (nSPS) is 11.6. The molecule has 1 amide bonds. The highest BCUT2D eigenvalue weighted by Crippen LogP contribution is 2.22. The minimum atomic E-state index is -3.89. The number of amides is 1. The predicted octanol–water partition coefficient (Wildman–Crippen LogP) is 2.78. The maximum atomic E-state index is 12.7. The Hall–Kier alpha value is -1.41. The van der Waals surface area contributed by atoms with Crippen molar-refractivity contribution >= 4 is 43.5 Å². The molecule has 0 atom stereocenters. The van der Waals surface area contributed by atoms with Crippen LogP contribution < -0.4 is 5.73 Å². The minimum absolute atomic E-state index is 0.0170. The van der Waals surface area contributed by atoms with Gasteiger partial charge in [-0.25, -0.2) is 8.42 Å². The molecule has 2 aromatic carbocycles. The van der Waals surface area contributed by atoms with Gasteiger partial charge in [0.25, 0.3) is 0 Å². The molecular formula is C15H14BrClN2O3S. The Kier molecular flexibility index (Phi) is 5.80. The number of halogens is 2. The van der Waals surface area contributed by atoms with Crippen LogP contribution >= 0.6 is 27.5 Å². The first-order chi connectivity index (χ1) is 10.8. The molecule has 2 rings (SSSR count). The fraction of sp³-hybridized carbons (Fsp3) is 0.133. The smallest absolute Gasteiger partial charge is 0.243 e. The summed E-state index contributed by atoms with van der Waals surface area (Å²) in [7, 11) is -3.89. The van der Waals surface area contributed by atoms with Gasteiger partial charge in [0.2, 0.25) is 15.9 Å². The molecular weight excluding hydrogens is 404 g/mol. The monoisotopic (exact) mass is 416 g/mol. The molecule has 8 heteroatoms. The number of rotatable bonds is 6. The lowest BCUT2D eigenvalue weighted by Gasteiger charge is -2.21. The second-order valence-electron chi connectivity index (χ2n) is 4.82. The average molecular weight is 418 g/mol. The minimum Gasteiger partial charge on any atom is -0.369 e. The van der Waals surface area contributed by atoms with Crippen molar-refractivity contribution in [2.75, 3.05) is 6.54 Å². The van der Waals surface area contributed by atoms with E-state index in [0.29, 0.717) is 5.02 Å². The lowest BCUT2D eigenvalue weighted by Crippen LogP contribution is -2.38. The molecule has 2 N–H and O–H groups in total. The number of nitrogens with two attached hydrogens (primary N) is 1. The van der Waals surface area contributed by atoms with E-state index in [4.69, 9.17) is 17.3 Å². The van der Waals surface area contributed by atoms with Gasteiger partial charge >= 0.3 is 0 Å². The zero-order valence-electron chi connectivity index (χ0n) is 11.9. The fourth-order valence-corrected chi connectivity index (χ4v) is 3.93. The maximum Gasteiger partial charge on any atom is 0.243 e. The molecule has 23 heavy (non-hydrogen) atoms. The number of hydrogen-bond donors (Lipinski definition) is 1. The predicted molar refractivity (Wildman–Crippen MR) is 92.4 cm³/mol. The number of carbonyl (C=O) groups is 1. The number of hydrogen-bond acceptors (Lipinski definition) is 3. The van der Waals surface area contributed by atoms with Crippen molar-refractivity contribution in [1.82, 2.24) is 4.31 Å². The van der Waals surface area contributed by atoms with E-state index in [1.54, 1.807) is 30.3 Å². The molecule has 0 saturated heterocycles. The summed E-state index contributed by atoms with van der Waals surface area (Å²) in [4.78, 5) is 11.3. The molecule has 122 valence electrons. The van der Waals surface area contributed by atoms with E-state index in [0.717, 1.165) is 14.3 Å². The third-order valence-electron chi connectivity index (χ3n) is 3.04. The zero-order valence-corrected chi connectivity index (χ0v) is 15.1. The summed E-state index contributed by atoms with van der Waals surface area (Å²) in [6.07, 6.45) is 0. The standard InChI is InChI=1S/C15H14BrClN2O3S/c16-12-6-4-11(5-7-12)9-19(10-15(18)20)23(21,22)14-3-1-2-13(17)8-14/h1-8H,9-10H2,(H2,18,20). The summed E-state index contributed by atoms with van der Waals surface area (Å²) < 4.78 is 27.4. The van der Waals surface area contributed by atoms with E-state index >= 15 is 0 Å². The van der Waals surface area contributed by atoms with Crippen molar-refractivity contribution in [3.8, 4) is 0 Å². The van der Waals surface area contributed by atoms with Crippen molar-refractivity contribution < 1.29 is 13.2 Å². The van der Waals surface area contributed by atoms with E-state index in [1.165, 1.54) is 18.2 Å². The van der Waals surface area contributed by atoms with Crippen LogP contribution in [0, 0.1) is 0 Å². The van der Waals surface area contributed by atoms with Gasteiger partial charge in [-0.05, 0) is 35.9 Å². The summed E-state index contributed by atoms with van der Waals surface area (Å²) in [5, 5.41) is 0.300. The van der Waals surface area contributed by atoms with Crippen LogP contribution in [0.4, 0.5) is 0 Å². The fourth-order valence-electron chi connectivity index (χ4n) is 1.97. The molecule has 0 fully saturated rings. The van der Waals surface area contributed by atoms with Gasteiger partial charge in [0.05, 0.1) is 11.4 Å². The Labute approximate surface area is 148 Å². The van der Waals surface area contributed by atoms with Gasteiger partial charge in [0.15, 0.2) is 0 Å². The van der Waals surface area contributed by atoms with Crippen LogP contribution in [0.2, 0.25) is 5.02 Å². The summed E-state index contributed by atoms with van der Waals surface area (Å²) in [6, 6.07) is 13.0. The number of primary amides is 1. The van der Waals surface area contributed by atoms with E-state index in [9.17, 15) is 13.2 Å². The number of nitrogens with zero attached hydrogens (tertiary/aromatic N) is 1. The third-order valence-corrected chi connectivity index (χ3v) is 5.59. The van der Waals surface area contributed by atoms with Crippen LogP contribution in [0.1, 0.15) is 5.56 Å². The van der Waals surface area contributed by atoms with Gasteiger partial charge in [-0.15, -0.1) is 0 Å². The third kappa shape index (κ3) is 4.78.